The zero-order valence-electron chi connectivity index (χ0n) is 7.74. The van der Waals surface area contributed by atoms with Crippen molar-refractivity contribution in [2.45, 2.75) is 26.4 Å². The van der Waals surface area contributed by atoms with Crippen LogP contribution in [0.1, 0.15) is 20.8 Å². The molecule has 0 heterocycles. The standard InChI is InChI=1S/C9H16O3/c1-5-9(4,12)7(6(2)3)8(10)11/h5-7,12H,1H2,2-4H3,(H,10,11). The Morgan fingerprint density at radius 2 is 2.00 bits per heavy atom. The highest BCUT2D eigenvalue weighted by Crippen LogP contribution is 2.25. The van der Waals surface area contributed by atoms with Gasteiger partial charge in [0.2, 0.25) is 0 Å². The molecule has 0 aromatic carbocycles. The molecular formula is C9H16O3. The Morgan fingerprint density at radius 3 is 2.08 bits per heavy atom. The maximum absolute atomic E-state index is 10.7. The maximum Gasteiger partial charge on any atom is 0.310 e. The molecule has 0 spiro atoms. The number of carbonyl (C=O) groups is 1. The molecule has 0 amide bonds. The van der Waals surface area contributed by atoms with Crippen LogP contribution in [-0.4, -0.2) is 21.8 Å². The van der Waals surface area contributed by atoms with E-state index in [1.54, 1.807) is 13.8 Å². The van der Waals surface area contributed by atoms with Crippen molar-refractivity contribution in [3.8, 4) is 0 Å². The Morgan fingerprint density at radius 1 is 1.58 bits per heavy atom. The van der Waals surface area contributed by atoms with E-state index in [1.807, 2.05) is 0 Å². The van der Waals surface area contributed by atoms with Gasteiger partial charge in [-0.25, -0.2) is 0 Å². The second-order valence-electron chi connectivity index (χ2n) is 3.49. The summed E-state index contributed by atoms with van der Waals surface area (Å²) in [4.78, 5) is 10.7. The van der Waals surface area contributed by atoms with Gasteiger partial charge in [-0.1, -0.05) is 19.9 Å². The Kier molecular flexibility index (Phi) is 3.46. The van der Waals surface area contributed by atoms with E-state index >= 15 is 0 Å². The van der Waals surface area contributed by atoms with Gasteiger partial charge in [0.15, 0.2) is 0 Å². The predicted molar refractivity (Wildman–Crippen MR) is 46.8 cm³/mol. The van der Waals surface area contributed by atoms with Crippen LogP contribution in [0.4, 0.5) is 0 Å². The van der Waals surface area contributed by atoms with Crippen LogP contribution in [-0.2, 0) is 4.79 Å². The first-order chi connectivity index (χ1) is 5.33. The van der Waals surface area contributed by atoms with E-state index in [0.717, 1.165) is 0 Å². The lowest BCUT2D eigenvalue weighted by Crippen LogP contribution is -2.41. The summed E-state index contributed by atoms with van der Waals surface area (Å²) >= 11 is 0. The molecule has 2 unspecified atom stereocenters. The zero-order chi connectivity index (χ0) is 9.94. The molecule has 0 saturated heterocycles. The van der Waals surface area contributed by atoms with Crippen LogP contribution >= 0.6 is 0 Å². The van der Waals surface area contributed by atoms with Crippen molar-refractivity contribution < 1.29 is 15.0 Å². The van der Waals surface area contributed by atoms with Crippen molar-refractivity contribution in [2.24, 2.45) is 11.8 Å². The minimum atomic E-state index is -1.33. The lowest BCUT2D eigenvalue weighted by Gasteiger charge is -2.29. The fourth-order valence-electron chi connectivity index (χ4n) is 1.34. The Labute approximate surface area is 72.7 Å². The molecule has 2 atom stereocenters. The summed E-state index contributed by atoms with van der Waals surface area (Å²) in [6, 6.07) is 0. The summed E-state index contributed by atoms with van der Waals surface area (Å²) in [5.41, 5.74) is -1.33. The molecule has 0 radical (unpaired) electrons. The smallest absolute Gasteiger partial charge is 0.310 e. The third-order valence-electron chi connectivity index (χ3n) is 1.98. The molecule has 0 aliphatic rings. The van der Waals surface area contributed by atoms with Gasteiger partial charge >= 0.3 is 5.97 Å². The number of hydrogen-bond donors (Lipinski definition) is 2. The molecule has 3 nitrogen and oxygen atoms in total. The number of carboxylic acid groups (broad SMARTS) is 1. The summed E-state index contributed by atoms with van der Waals surface area (Å²) in [7, 11) is 0. The second kappa shape index (κ2) is 3.72. The average molecular weight is 172 g/mol. The molecule has 0 bridgehead atoms. The Balaban J connectivity index is 4.74. The van der Waals surface area contributed by atoms with Gasteiger partial charge in [0.05, 0.1) is 11.5 Å². The molecule has 0 aliphatic heterocycles. The topological polar surface area (TPSA) is 57.5 Å². The van der Waals surface area contributed by atoms with Crippen LogP contribution in [0.15, 0.2) is 12.7 Å². The summed E-state index contributed by atoms with van der Waals surface area (Å²) < 4.78 is 0. The van der Waals surface area contributed by atoms with Crippen molar-refractivity contribution in [2.75, 3.05) is 0 Å². The van der Waals surface area contributed by atoms with Gasteiger partial charge in [-0.2, -0.15) is 0 Å². The third-order valence-corrected chi connectivity index (χ3v) is 1.98. The van der Waals surface area contributed by atoms with Crippen LogP contribution in [0.3, 0.4) is 0 Å². The molecule has 0 rings (SSSR count). The predicted octanol–water partition coefficient (Wildman–Crippen LogP) is 1.28. The molecule has 2 N–H and O–H groups in total. The van der Waals surface area contributed by atoms with E-state index in [4.69, 9.17) is 5.11 Å². The first kappa shape index (κ1) is 11.2. The zero-order valence-corrected chi connectivity index (χ0v) is 7.74. The van der Waals surface area contributed by atoms with Gasteiger partial charge in [-0.15, -0.1) is 6.58 Å². The van der Waals surface area contributed by atoms with Gasteiger partial charge in [0, 0.05) is 0 Å². The van der Waals surface area contributed by atoms with Crippen LogP contribution < -0.4 is 0 Å². The van der Waals surface area contributed by atoms with E-state index < -0.39 is 17.5 Å². The summed E-state index contributed by atoms with van der Waals surface area (Å²) in [6.45, 7) is 8.38. The largest absolute Gasteiger partial charge is 0.481 e. The maximum atomic E-state index is 10.7. The number of aliphatic hydroxyl groups is 1. The van der Waals surface area contributed by atoms with Gasteiger partial charge in [0.1, 0.15) is 0 Å². The van der Waals surface area contributed by atoms with Crippen molar-refractivity contribution >= 4 is 5.97 Å². The molecule has 3 heteroatoms. The average Bonchev–Trinajstić information content (AvgIpc) is 1.84. The number of rotatable bonds is 4. The number of hydrogen-bond acceptors (Lipinski definition) is 2. The molecular weight excluding hydrogens is 156 g/mol. The lowest BCUT2D eigenvalue weighted by atomic mass is 9.81. The highest BCUT2D eigenvalue weighted by molar-refractivity contribution is 5.72. The molecule has 0 aliphatic carbocycles. The quantitative estimate of drug-likeness (QED) is 0.628. The van der Waals surface area contributed by atoms with E-state index in [2.05, 4.69) is 6.58 Å². The van der Waals surface area contributed by atoms with Gasteiger partial charge in [0.25, 0.3) is 0 Å². The molecule has 0 aromatic rings. The molecule has 12 heavy (non-hydrogen) atoms. The van der Waals surface area contributed by atoms with Crippen molar-refractivity contribution in [3.05, 3.63) is 12.7 Å². The minimum absolute atomic E-state index is 0.115. The summed E-state index contributed by atoms with van der Waals surface area (Å²) in [5.74, 6) is -1.90. The van der Waals surface area contributed by atoms with Gasteiger partial charge < -0.3 is 10.2 Å². The van der Waals surface area contributed by atoms with E-state index in [0.29, 0.717) is 0 Å². The van der Waals surface area contributed by atoms with Crippen LogP contribution in [0.2, 0.25) is 0 Å². The van der Waals surface area contributed by atoms with Crippen LogP contribution in [0.5, 0.6) is 0 Å². The number of carboxylic acids is 1. The molecule has 70 valence electrons. The van der Waals surface area contributed by atoms with Gasteiger partial charge in [-0.05, 0) is 12.8 Å². The number of aliphatic carboxylic acids is 1. The van der Waals surface area contributed by atoms with Gasteiger partial charge in [-0.3, -0.25) is 4.79 Å². The minimum Gasteiger partial charge on any atom is -0.481 e. The van der Waals surface area contributed by atoms with Crippen molar-refractivity contribution in [3.63, 3.8) is 0 Å². The second-order valence-corrected chi connectivity index (χ2v) is 3.49. The first-order valence-corrected chi connectivity index (χ1v) is 3.91. The van der Waals surface area contributed by atoms with Crippen molar-refractivity contribution in [1.82, 2.24) is 0 Å². The molecule has 0 aromatic heterocycles. The SMILES string of the molecule is C=CC(C)(O)C(C(=O)O)C(C)C. The Hall–Kier alpha value is -0.830. The first-order valence-electron chi connectivity index (χ1n) is 3.91. The highest BCUT2D eigenvalue weighted by atomic mass is 16.4. The molecule has 0 fully saturated rings. The Bertz CT molecular complexity index is 182. The lowest BCUT2D eigenvalue weighted by molar-refractivity contribution is -0.150. The van der Waals surface area contributed by atoms with Crippen LogP contribution in [0.25, 0.3) is 0 Å². The monoisotopic (exact) mass is 172 g/mol. The summed E-state index contributed by atoms with van der Waals surface area (Å²) in [6.07, 6.45) is 1.27. The normalized spacial score (nSPS) is 18.4. The summed E-state index contributed by atoms with van der Waals surface area (Å²) in [5, 5.41) is 18.4. The fraction of sp³-hybridized carbons (Fsp3) is 0.667. The molecule has 0 saturated carbocycles. The van der Waals surface area contributed by atoms with Crippen molar-refractivity contribution in [1.29, 1.82) is 0 Å². The fourth-order valence-corrected chi connectivity index (χ4v) is 1.34. The van der Waals surface area contributed by atoms with E-state index in [-0.39, 0.29) is 5.92 Å². The van der Waals surface area contributed by atoms with Crippen LogP contribution in [0, 0.1) is 11.8 Å². The third kappa shape index (κ3) is 2.34. The highest BCUT2D eigenvalue weighted by Gasteiger charge is 2.37. The van der Waals surface area contributed by atoms with E-state index in [1.165, 1.54) is 13.0 Å². The van der Waals surface area contributed by atoms with E-state index in [9.17, 15) is 9.90 Å².